The minimum absolute atomic E-state index is 0.0364. The van der Waals surface area contributed by atoms with Crippen LogP contribution in [0.5, 0.6) is 11.5 Å². The maximum Gasteiger partial charge on any atom is 0.279 e. The average Bonchev–Trinajstić information content (AvgIpc) is 2.51. The molecule has 0 unspecified atom stereocenters. The third-order valence-corrected chi connectivity index (χ3v) is 3.31. The number of ether oxygens (including phenoxy) is 1. The van der Waals surface area contributed by atoms with Gasteiger partial charge in [0, 0.05) is 23.8 Å². The summed E-state index contributed by atoms with van der Waals surface area (Å²) in [5.74, 6) is 0.602. The Morgan fingerprint density at radius 2 is 2.00 bits per heavy atom. The molecule has 0 saturated heterocycles. The third-order valence-electron chi connectivity index (χ3n) is 3.31. The molecule has 2 aromatic carbocycles. The smallest absolute Gasteiger partial charge is 0.279 e. The lowest BCUT2D eigenvalue weighted by atomic mass is 10.1. The van der Waals surface area contributed by atoms with E-state index in [9.17, 15) is 14.5 Å². The Morgan fingerprint density at radius 1 is 1.18 bits per heavy atom. The van der Waals surface area contributed by atoms with Crippen LogP contribution in [0.2, 0.25) is 0 Å². The molecule has 6 heteroatoms. The van der Waals surface area contributed by atoms with Crippen molar-refractivity contribution in [1.29, 1.82) is 0 Å². The Hall–Kier alpha value is -3.02. The normalized spacial score (nSPS) is 10.6. The summed E-state index contributed by atoms with van der Waals surface area (Å²) in [6, 6.07) is 8.95. The van der Waals surface area contributed by atoms with Gasteiger partial charge in [-0.15, -0.1) is 0 Å². The fourth-order valence-electron chi connectivity index (χ4n) is 2.20. The standard InChI is InChI=1S/C16H11FN2O3/c1-10-8-11(2-3-14(10)17)22-16-5-4-15(19(20)21)13-9-18-7-6-12(13)16/h2-9H,1H3. The van der Waals surface area contributed by atoms with E-state index in [1.54, 1.807) is 19.1 Å². The van der Waals surface area contributed by atoms with Crippen LogP contribution in [-0.4, -0.2) is 9.91 Å². The number of rotatable bonds is 3. The number of hydrogen-bond acceptors (Lipinski definition) is 4. The van der Waals surface area contributed by atoms with Gasteiger partial charge in [0.25, 0.3) is 5.69 Å². The van der Waals surface area contributed by atoms with Crippen LogP contribution in [0.3, 0.4) is 0 Å². The molecule has 0 saturated carbocycles. The maximum absolute atomic E-state index is 13.3. The van der Waals surface area contributed by atoms with Crippen molar-refractivity contribution in [2.45, 2.75) is 6.92 Å². The molecule has 0 fully saturated rings. The van der Waals surface area contributed by atoms with Gasteiger partial charge in [0.1, 0.15) is 17.3 Å². The summed E-state index contributed by atoms with van der Waals surface area (Å²) < 4.78 is 19.0. The van der Waals surface area contributed by atoms with Crippen molar-refractivity contribution in [3.05, 3.63) is 70.3 Å². The van der Waals surface area contributed by atoms with Crippen molar-refractivity contribution >= 4 is 16.5 Å². The van der Waals surface area contributed by atoms with Crippen molar-refractivity contribution in [1.82, 2.24) is 4.98 Å². The molecule has 0 N–H and O–H groups in total. The van der Waals surface area contributed by atoms with E-state index >= 15 is 0 Å². The predicted molar refractivity (Wildman–Crippen MR) is 79.6 cm³/mol. The number of fused-ring (bicyclic) bond motifs is 1. The third kappa shape index (κ3) is 2.46. The highest BCUT2D eigenvalue weighted by molar-refractivity contribution is 5.94. The highest BCUT2D eigenvalue weighted by Crippen LogP contribution is 2.35. The number of halogens is 1. The van der Waals surface area contributed by atoms with E-state index in [2.05, 4.69) is 4.98 Å². The van der Waals surface area contributed by atoms with Gasteiger partial charge in [-0.25, -0.2) is 4.39 Å². The van der Waals surface area contributed by atoms with E-state index < -0.39 is 4.92 Å². The van der Waals surface area contributed by atoms with Crippen molar-refractivity contribution in [2.24, 2.45) is 0 Å². The lowest BCUT2D eigenvalue weighted by Gasteiger charge is -2.10. The van der Waals surface area contributed by atoms with Crippen molar-refractivity contribution in [2.75, 3.05) is 0 Å². The average molecular weight is 298 g/mol. The summed E-state index contributed by atoms with van der Waals surface area (Å²) in [5.41, 5.74) is 0.427. The zero-order chi connectivity index (χ0) is 15.7. The number of aromatic nitrogens is 1. The second-order valence-electron chi connectivity index (χ2n) is 4.77. The quantitative estimate of drug-likeness (QED) is 0.531. The molecule has 0 amide bonds. The van der Waals surface area contributed by atoms with Crippen LogP contribution in [0.1, 0.15) is 5.56 Å². The predicted octanol–water partition coefficient (Wildman–Crippen LogP) is 4.38. The van der Waals surface area contributed by atoms with Crippen LogP contribution in [0.25, 0.3) is 10.8 Å². The molecule has 1 heterocycles. The number of nitrogens with zero attached hydrogens (tertiary/aromatic N) is 2. The largest absolute Gasteiger partial charge is 0.457 e. The van der Waals surface area contributed by atoms with Gasteiger partial charge in [0.2, 0.25) is 0 Å². The first-order chi connectivity index (χ1) is 10.6. The molecule has 5 nitrogen and oxygen atoms in total. The molecule has 3 aromatic rings. The number of nitro groups is 1. The number of hydrogen-bond donors (Lipinski definition) is 0. The molecule has 0 aliphatic rings. The molecule has 1 aromatic heterocycles. The van der Waals surface area contributed by atoms with Crippen LogP contribution in [0.4, 0.5) is 10.1 Å². The Morgan fingerprint density at radius 3 is 2.73 bits per heavy atom. The molecule has 3 rings (SSSR count). The number of nitro benzene ring substituents is 1. The first-order valence-corrected chi connectivity index (χ1v) is 6.51. The fraction of sp³-hybridized carbons (Fsp3) is 0.0625. The van der Waals surface area contributed by atoms with Crippen LogP contribution in [0, 0.1) is 22.9 Å². The molecule has 22 heavy (non-hydrogen) atoms. The van der Waals surface area contributed by atoms with Crippen molar-refractivity contribution in [3.8, 4) is 11.5 Å². The topological polar surface area (TPSA) is 65.3 Å². The summed E-state index contributed by atoms with van der Waals surface area (Å²) in [4.78, 5) is 14.5. The number of pyridine rings is 1. The molecular formula is C16H11FN2O3. The molecule has 0 bridgehead atoms. The Balaban J connectivity index is 2.10. The molecular weight excluding hydrogens is 287 g/mol. The van der Waals surface area contributed by atoms with Crippen molar-refractivity contribution in [3.63, 3.8) is 0 Å². The maximum atomic E-state index is 13.3. The van der Waals surface area contributed by atoms with Gasteiger partial charge in [-0.3, -0.25) is 15.1 Å². The van der Waals surface area contributed by atoms with Crippen LogP contribution < -0.4 is 4.74 Å². The van der Waals surface area contributed by atoms with Gasteiger partial charge in [0.15, 0.2) is 0 Å². The van der Waals surface area contributed by atoms with E-state index in [-0.39, 0.29) is 11.5 Å². The summed E-state index contributed by atoms with van der Waals surface area (Å²) in [6.45, 7) is 1.64. The summed E-state index contributed by atoms with van der Waals surface area (Å²) in [6.07, 6.45) is 2.96. The van der Waals surface area contributed by atoms with Crippen LogP contribution in [0.15, 0.2) is 48.8 Å². The first-order valence-electron chi connectivity index (χ1n) is 6.51. The van der Waals surface area contributed by atoms with Gasteiger partial charge >= 0.3 is 0 Å². The zero-order valence-electron chi connectivity index (χ0n) is 11.6. The summed E-state index contributed by atoms with van der Waals surface area (Å²) >= 11 is 0. The van der Waals surface area contributed by atoms with Gasteiger partial charge in [-0.1, -0.05) is 0 Å². The van der Waals surface area contributed by atoms with Gasteiger partial charge in [-0.05, 0) is 42.8 Å². The Labute approximate surface area is 125 Å². The summed E-state index contributed by atoms with van der Waals surface area (Å²) in [7, 11) is 0. The zero-order valence-corrected chi connectivity index (χ0v) is 11.6. The van der Waals surface area contributed by atoms with E-state index in [1.165, 1.54) is 36.7 Å². The lowest BCUT2D eigenvalue weighted by molar-refractivity contribution is -0.383. The van der Waals surface area contributed by atoms with Crippen LogP contribution >= 0.6 is 0 Å². The van der Waals surface area contributed by atoms with Crippen LogP contribution in [-0.2, 0) is 0 Å². The molecule has 0 aliphatic heterocycles. The SMILES string of the molecule is Cc1cc(Oc2ccc([N+](=O)[O-])c3cnccc23)ccc1F. The van der Waals surface area contributed by atoms with E-state index in [1.807, 2.05) is 0 Å². The van der Waals surface area contributed by atoms with E-state index in [0.717, 1.165) is 0 Å². The monoisotopic (exact) mass is 298 g/mol. The molecule has 0 spiro atoms. The molecule has 0 aliphatic carbocycles. The number of benzene rings is 2. The highest BCUT2D eigenvalue weighted by atomic mass is 19.1. The van der Waals surface area contributed by atoms with Crippen molar-refractivity contribution < 1.29 is 14.1 Å². The molecule has 0 radical (unpaired) electrons. The highest BCUT2D eigenvalue weighted by Gasteiger charge is 2.15. The van der Waals surface area contributed by atoms with Gasteiger partial charge in [-0.2, -0.15) is 0 Å². The van der Waals surface area contributed by atoms with E-state index in [0.29, 0.717) is 27.8 Å². The number of non-ortho nitro benzene ring substituents is 1. The van der Waals surface area contributed by atoms with Gasteiger partial charge < -0.3 is 4.74 Å². The molecule has 0 atom stereocenters. The number of aryl methyl sites for hydroxylation is 1. The second kappa shape index (κ2) is 5.40. The fourth-order valence-corrected chi connectivity index (χ4v) is 2.20. The Kier molecular flexibility index (Phi) is 3.42. The lowest BCUT2D eigenvalue weighted by Crippen LogP contribution is -1.93. The molecule has 110 valence electrons. The minimum Gasteiger partial charge on any atom is -0.457 e. The van der Waals surface area contributed by atoms with E-state index in [4.69, 9.17) is 4.74 Å². The summed E-state index contributed by atoms with van der Waals surface area (Å²) in [5, 5.41) is 12.0. The second-order valence-corrected chi connectivity index (χ2v) is 4.77. The Bertz CT molecular complexity index is 880. The van der Waals surface area contributed by atoms with Gasteiger partial charge in [0.05, 0.1) is 10.3 Å². The first kappa shape index (κ1) is 13.9. The minimum atomic E-state index is -0.462.